The first-order chi connectivity index (χ1) is 8.52. The Morgan fingerprint density at radius 2 is 1.05 bits per heavy atom. The number of nitrogens with zero attached hydrogens (tertiary/aromatic N) is 2. The van der Waals surface area contributed by atoms with Gasteiger partial charge in [0.2, 0.25) is 8.32 Å². The molecule has 20 heavy (non-hydrogen) atoms. The SMILES string of the molecule is CN([Si](C)(C)C)[Si](F)(NO[Si](C)(C)C)N(C)[Si](C)(C)C. The Morgan fingerprint density at radius 1 is 0.750 bits per heavy atom. The van der Waals surface area contributed by atoms with Gasteiger partial charge in [0.15, 0.2) is 0 Å². The van der Waals surface area contributed by atoms with Crippen LogP contribution in [0, 0.1) is 0 Å². The molecule has 0 heterocycles. The number of halogens is 1. The number of nitrogens with one attached hydrogen (secondary N) is 1. The number of hydrogen-bond donors (Lipinski definition) is 1. The van der Waals surface area contributed by atoms with E-state index in [9.17, 15) is 0 Å². The summed E-state index contributed by atoms with van der Waals surface area (Å²) in [6, 6.07) is 0. The molecule has 0 unspecified atom stereocenters. The Bertz CT molecular complexity index is 305. The van der Waals surface area contributed by atoms with Crippen LogP contribution >= 0.6 is 0 Å². The van der Waals surface area contributed by atoms with Crippen molar-refractivity contribution in [2.45, 2.75) is 58.9 Å². The maximum absolute atomic E-state index is 15.9. The van der Waals surface area contributed by atoms with Crippen LogP contribution in [-0.2, 0) is 4.53 Å². The quantitative estimate of drug-likeness (QED) is 0.431. The molecule has 0 aromatic rings. The van der Waals surface area contributed by atoms with Crippen LogP contribution in [0.25, 0.3) is 0 Å². The van der Waals surface area contributed by atoms with E-state index in [0.717, 1.165) is 0 Å². The maximum Gasteiger partial charge on any atom is 0.494 e. The van der Waals surface area contributed by atoms with Gasteiger partial charge in [-0.1, -0.05) is 39.3 Å². The molecule has 0 amide bonds. The molecule has 0 fully saturated rings. The van der Waals surface area contributed by atoms with Crippen LogP contribution in [0.4, 0.5) is 4.11 Å². The molecule has 1 N–H and O–H groups in total. The van der Waals surface area contributed by atoms with Crippen molar-refractivity contribution in [1.29, 1.82) is 0 Å². The minimum absolute atomic E-state index is 1.76. The molecular weight excluding hydrogens is 321 g/mol. The fraction of sp³-hybridized carbons (Fsp3) is 1.00. The smallest absolute Gasteiger partial charge is 0.348 e. The summed E-state index contributed by atoms with van der Waals surface area (Å²) in [4.78, 5) is 0. The molecule has 0 bridgehead atoms. The van der Waals surface area contributed by atoms with Crippen molar-refractivity contribution in [3.8, 4) is 0 Å². The average molecular weight is 356 g/mol. The van der Waals surface area contributed by atoms with Gasteiger partial charge in [0, 0.05) is 0 Å². The molecule has 9 heteroatoms. The summed E-state index contributed by atoms with van der Waals surface area (Å²) < 4.78 is 25.7. The first-order valence-electron chi connectivity index (χ1n) is 7.14. The zero-order valence-corrected chi connectivity index (χ0v) is 19.2. The minimum atomic E-state index is -3.48. The van der Waals surface area contributed by atoms with Crippen molar-refractivity contribution < 1.29 is 8.63 Å². The molecule has 0 spiro atoms. The third kappa shape index (κ3) is 5.79. The maximum atomic E-state index is 15.9. The molecular formula is C11H34FN3OSi4. The summed E-state index contributed by atoms with van der Waals surface area (Å²) in [5.74, 6) is 0. The van der Waals surface area contributed by atoms with Gasteiger partial charge in [-0.3, -0.25) is 12.6 Å². The first-order valence-corrected chi connectivity index (χ1v) is 19.2. The number of rotatable bonds is 7. The largest absolute Gasteiger partial charge is 0.494 e. The molecule has 0 aromatic heterocycles. The van der Waals surface area contributed by atoms with Crippen LogP contribution in [0.3, 0.4) is 0 Å². The molecule has 0 rings (SSSR count). The van der Waals surface area contributed by atoms with E-state index in [2.05, 4.69) is 64.1 Å². The second-order valence-corrected chi connectivity index (χ2v) is 26.4. The molecule has 0 aliphatic heterocycles. The standard InChI is InChI=1S/C11H34FN3OSi4/c1-14(17(3,4)5)20(12,13-16-19(9,10)11)15(2)18(6,7)8/h13H,1-11H3. The second kappa shape index (κ2) is 6.40. The molecule has 0 aliphatic carbocycles. The lowest BCUT2D eigenvalue weighted by molar-refractivity contribution is 0.211. The highest BCUT2D eigenvalue weighted by molar-refractivity contribution is 6.92. The molecule has 0 saturated heterocycles. The summed E-state index contributed by atoms with van der Waals surface area (Å²) in [5, 5.41) is 2.90. The summed E-state index contributed by atoms with van der Waals surface area (Å²) in [7, 11) is -5.00. The highest BCUT2D eigenvalue weighted by atomic mass is 28.5. The molecule has 0 aromatic carbocycles. The van der Waals surface area contributed by atoms with Crippen molar-refractivity contribution in [2.75, 3.05) is 14.1 Å². The zero-order chi connectivity index (χ0) is 16.6. The Morgan fingerprint density at radius 3 is 1.25 bits per heavy atom. The van der Waals surface area contributed by atoms with Gasteiger partial charge in [-0.25, -0.2) is 0 Å². The Hall–Kier alpha value is 0.638. The van der Waals surface area contributed by atoms with Crippen molar-refractivity contribution in [2.24, 2.45) is 0 Å². The van der Waals surface area contributed by atoms with Gasteiger partial charge in [-0.2, -0.15) is 5.15 Å². The van der Waals surface area contributed by atoms with Crippen LogP contribution < -0.4 is 5.15 Å². The van der Waals surface area contributed by atoms with E-state index in [0.29, 0.717) is 0 Å². The van der Waals surface area contributed by atoms with Gasteiger partial charge in [-0.15, -0.1) is 0 Å². The highest BCUT2D eigenvalue weighted by Gasteiger charge is 2.54. The van der Waals surface area contributed by atoms with E-state index in [4.69, 9.17) is 4.53 Å². The van der Waals surface area contributed by atoms with Gasteiger partial charge in [0.1, 0.15) is 16.5 Å². The third-order valence-electron chi connectivity index (χ3n) is 3.39. The second-order valence-electron chi connectivity index (χ2n) is 8.36. The lowest BCUT2D eigenvalue weighted by Crippen LogP contribution is -2.78. The first kappa shape index (κ1) is 20.6. The summed E-state index contributed by atoms with van der Waals surface area (Å²) in [6.45, 7) is 19.2. The fourth-order valence-corrected chi connectivity index (χ4v) is 12.5. The van der Waals surface area contributed by atoms with Gasteiger partial charge < -0.3 is 4.53 Å². The van der Waals surface area contributed by atoms with E-state index in [1.807, 2.05) is 22.6 Å². The highest BCUT2D eigenvalue weighted by Crippen LogP contribution is 2.24. The van der Waals surface area contributed by atoms with Crippen molar-refractivity contribution >= 4 is 33.7 Å². The van der Waals surface area contributed by atoms with E-state index in [1.165, 1.54) is 0 Å². The molecule has 122 valence electrons. The van der Waals surface area contributed by atoms with Crippen LogP contribution in [0.1, 0.15) is 0 Å². The van der Waals surface area contributed by atoms with Crippen LogP contribution in [0.2, 0.25) is 58.9 Å². The van der Waals surface area contributed by atoms with Gasteiger partial charge in [0.05, 0.1) is 0 Å². The summed E-state index contributed by atoms with van der Waals surface area (Å²) in [6.07, 6.45) is 0. The van der Waals surface area contributed by atoms with Crippen LogP contribution in [-0.4, -0.2) is 56.2 Å². The van der Waals surface area contributed by atoms with Crippen molar-refractivity contribution in [1.82, 2.24) is 13.6 Å². The minimum Gasteiger partial charge on any atom is -0.348 e. The van der Waals surface area contributed by atoms with Crippen LogP contribution in [0.15, 0.2) is 0 Å². The molecule has 0 aliphatic rings. The molecule has 0 atom stereocenters. The monoisotopic (exact) mass is 355 g/mol. The van der Waals surface area contributed by atoms with Gasteiger partial charge >= 0.3 is 8.89 Å². The Labute approximate surface area is 129 Å². The van der Waals surface area contributed by atoms with E-state index >= 15 is 4.11 Å². The van der Waals surface area contributed by atoms with E-state index < -0.39 is 33.7 Å². The predicted octanol–water partition coefficient (Wildman–Crippen LogP) is 3.28. The van der Waals surface area contributed by atoms with E-state index in [1.54, 1.807) is 0 Å². The Kier molecular flexibility index (Phi) is 6.61. The van der Waals surface area contributed by atoms with Crippen molar-refractivity contribution in [3.05, 3.63) is 0 Å². The van der Waals surface area contributed by atoms with Crippen molar-refractivity contribution in [3.63, 3.8) is 0 Å². The normalized spacial score (nSPS) is 15.3. The fourth-order valence-electron chi connectivity index (χ4n) is 1.47. The molecule has 0 radical (unpaired) electrons. The average Bonchev–Trinajstić information content (AvgIpc) is 2.20. The molecule has 4 nitrogen and oxygen atoms in total. The number of hydrogen-bond acceptors (Lipinski definition) is 4. The predicted molar refractivity (Wildman–Crippen MR) is 96.6 cm³/mol. The third-order valence-corrected chi connectivity index (χ3v) is 16.3. The topological polar surface area (TPSA) is 27.7 Å². The Balaban J connectivity index is 5.45. The summed E-state index contributed by atoms with van der Waals surface area (Å²) in [5.41, 5.74) is 0. The van der Waals surface area contributed by atoms with Gasteiger partial charge in [0.25, 0.3) is 0 Å². The lowest BCUT2D eigenvalue weighted by atomic mass is 11.6. The van der Waals surface area contributed by atoms with E-state index in [-0.39, 0.29) is 0 Å². The molecule has 0 saturated carbocycles. The van der Waals surface area contributed by atoms with Gasteiger partial charge in [-0.05, 0) is 33.7 Å². The lowest BCUT2D eigenvalue weighted by Gasteiger charge is -2.48. The summed E-state index contributed by atoms with van der Waals surface area (Å²) >= 11 is 0. The zero-order valence-electron chi connectivity index (χ0n) is 15.2. The van der Waals surface area contributed by atoms with Crippen LogP contribution in [0.5, 0.6) is 0 Å².